The number of hydrogen-bond donors (Lipinski definition) is 2. The van der Waals surface area contributed by atoms with Crippen LogP contribution in [0, 0.1) is 12.8 Å². The van der Waals surface area contributed by atoms with Gasteiger partial charge in [-0.15, -0.1) is 0 Å². The third-order valence-corrected chi connectivity index (χ3v) is 3.33. The van der Waals surface area contributed by atoms with Gasteiger partial charge in [0.15, 0.2) is 0 Å². The largest absolute Gasteiger partial charge is 0.393 e. The molecule has 0 spiro atoms. The second kappa shape index (κ2) is 5.30. The van der Waals surface area contributed by atoms with Gasteiger partial charge in [0.25, 0.3) is 0 Å². The van der Waals surface area contributed by atoms with Crippen LogP contribution in [-0.4, -0.2) is 22.7 Å². The summed E-state index contributed by atoms with van der Waals surface area (Å²) in [5, 5.41) is 13.2. The molecule has 3 heteroatoms. The average molecular weight is 220 g/mol. The minimum absolute atomic E-state index is 0.121. The first-order chi connectivity index (χ1) is 7.75. The van der Waals surface area contributed by atoms with E-state index < -0.39 is 0 Å². The summed E-state index contributed by atoms with van der Waals surface area (Å²) in [6.45, 7) is 2.85. The van der Waals surface area contributed by atoms with Crippen LogP contribution in [0.25, 0.3) is 0 Å². The topological polar surface area (TPSA) is 45.1 Å². The zero-order valence-electron chi connectivity index (χ0n) is 9.82. The van der Waals surface area contributed by atoms with Crippen molar-refractivity contribution in [2.24, 2.45) is 5.92 Å². The molecule has 2 atom stereocenters. The summed E-state index contributed by atoms with van der Waals surface area (Å²) >= 11 is 0. The third kappa shape index (κ3) is 2.95. The van der Waals surface area contributed by atoms with Gasteiger partial charge in [0.2, 0.25) is 0 Å². The quantitative estimate of drug-likeness (QED) is 0.822. The summed E-state index contributed by atoms with van der Waals surface area (Å²) in [5.41, 5.74) is 2.12. The Kier molecular flexibility index (Phi) is 3.78. The Bertz CT molecular complexity index is 340. The van der Waals surface area contributed by atoms with Gasteiger partial charge in [0.05, 0.1) is 6.10 Å². The summed E-state index contributed by atoms with van der Waals surface area (Å²) in [6.07, 6.45) is 6.21. The SMILES string of the molecule is Cc1cc(NCC2CCCCC2O)ccn1. The minimum atomic E-state index is -0.121. The summed E-state index contributed by atoms with van der Waals surface area (Å²) < 4.78 is 0. The second-order valence-electron chi connectivity index (χ2n) is 4.68. The highest BCUT2D eigenvalue weighted by Crippen LogP contribution is 2.24. The van der Waals surface area contributed by atoms with Crippen LogP contribution in [0.3, 0.4) is 0 Å². The minimum Gasteiger partial charge on any atom is -0.393 e. The fourth-order valence-electron chi connectivity index (χ4n) is 2.33. The molecule has 1 saturated carbocycles. The highest BCUT2D eigenvalue weighted by molar-refractivity contribution is 5.42. The smallest absolute Gasteiger partial charge is 0.0585 e. The molecular formula is C13H20N2O. The van der Waals surface area contributed by atoms with Gasteiger partial charge < -0.3 is 10.4 Å². The Morgan fingerprint density at radius 2 is 2.25 bits per heavy atom. The standard InChI is InChI=1S/C13H20N2O/c1-10-8-12(6-7-14-10)15-9-11-4-2-3-5-13(11)16/h6-8,11,13,16H,2-5,9H2,1H3,(H,14,15). The van der Waals surface area contributed by atoms with Crippen LogP contribution < -0.4 is 5.32 Å². The summed E-state index contributed by atoms with van der Waals surface area (Å²) in [7, 11) is 0. The number of nitrogens with zero attached hydrogens (tertiary/aromatic N) is 1. The number of anilines is 1. The van der Waals surface area contributed by atoms with Crippen molar-refractivity contribution in [2.75, 3.05) is 11.9 Å². The van der Waals surface area contributed by atoms with Gasteiger partial charge in [-0.05, 0) is 31.9 Å². The molecule has 2 N–H and O–H groups in total. The van der Waals surface area contributed by atoms with Crippen LogP contribution in [0.5, 0.6) is 0 Å². The lowest BCUT2D eigenvalue weighted by atomic mass is 9.86. The molecule has 1 aromatic heterocycles. The van der Waals surface area contributed by atoms with Gasteiger partial charge >= 0.3 is 0 Å². The van der Waals surface area contributed by atoms with Crippen molar-refractivity contribution in [1.82, 2.24) is 4.98 Å². The number of aliphatic hydroxyl groups excluding tert-OH is 1. The van der Waals surface area contributed by atoms with Crippen LogP contribution in [0.15, 0.2) is 18.3 Å². The molecule has 0 radical (unpaired) electrons. The average Bonchev–Trinajstić information content (AvgIpc) is 2.28. The Morgan fingerprint density at radius 3 is 3.00 bits per heavy atom. The lowest BCUT2D eigenvalue weighted by molar-refractivity contribution is 0.0763. The molecule has 0 saturated heterocycles. The van der Waals surface area contributed by atoms with Crippen molar-refractivity contribution < 1.29 is 5.11 Å². The zero-order valence-corrected chi connectivity index (χ0v) is 9.82. The van der Waals surface area contributed by atoms with Crippen molar-refractivity contribution in [1.29, 1.82) is 0 Å². The summed E-state index contributed by atoms with van der Waals surface area (Å²) in [4.78, 5) is 4.16. The van der Waals surface area contributed by atoms with E-state index in [0.717, 1.165) is 30.8 Å². The Balaban J connectivity index is 1.86. The van der Waals surface area contributed by atoms with Gasteiger partial charge in [-0.3, -0.25) is 4.98 Å². The molecule has 2 rings (SSSR count). The van der Waals surface area contributed by atoms with Gasteiger partial charge in [-0.1, -0.05) is 12.8 Å². The van der Waals surface area contributed by atoms with Crippen molar-refractivity contribution in [3.05, 3.63) is 24.0 Å². The van der Waals surface area contributed by atoms with Gasteiger partial charge in [0.1, 0.15) is 0 Å². The predicted octanol–water partition coefficient (Wildman–Crippen LogP) is 2.35. The molecule has 2 unspecified atom stereocenters. The number of pyridine rings is 1. The number of rotatable bonds is 3. The van der Waals surface area contributed by atoms with E-state index in [9.17, 15) is 5.11 Å². The molecule has 0 bridgehead atoms. The Morgan fingerprint density at radius 1 is 1.44 bits per heavy atom. The van der Waals surface area contributed by atoms with Crippen LogP contribution in [0.2, 0.25) is 0 Å². The molecule has 1 aromatic rings. The molecule has 16 heavy (non-hydrogen) atoms. The van der Waals surface area contributed by atoms with Crippen molar-refractivity contribution in [3.63, 3.8) is 0 Å². The molecule has 1 aliphatic rings. The van der Waals surface area contributed by atoms with E-state index in [1.807, 2.05) is 25.3 Å². The first-order valence-electron chi connectivity index (χ1n) is 6.10. The van der Waals surface area contributed by atoms with E-state index in [1.54, 1.807) is 0 Å². The lowest BCUT2D eigenvalue weighted by Crippen LogP contribution is -2.30. The summed E-state index contributed by atoms with van der Waals surface area (Å²) in [5.74, 6) is 0.405. The molecule has 0 amide bonds. The maximum absolute atomic E-state index is 9.85. The highest BCUT2D eigenvalue weighted by Gasteiger charge is 2.22. The molecule has 0 aromatic carbocycles. The Hall–Kier alpha value is -1.09. The van der Waals surface area contributed by atoms with E-state index in [0.29, 0.717) is 5.92 Å². The molecular weight excluding hydrogens is 200 g/mol. The van der Waals surface area contributed by atoms with Crippen LogP contribution >= 0.6 is 0 Å². The summed E-state index contributed by atoms with van der Waals surface area (Å²) in [6, 6.07) is 4.01. The zero-order chi connectivity index (χ0) is 11.4. The molecule has 88 valence electrons. The fourth-order valence-corrected chi connectivity index (χ4v) is 2.33. The number of aliphatic hydroxyl groups is 1. The van der Waals surface area contributed by atoms with Crippen LogP contribution in [0.4, 0.5) is 5.69 Å². The first kappa shape index (κ1) is 11.4. The van der Waals surface area contributed by atoms with E-state index in [4.69, 9.17) is 0 Å². The van der Waals surface area contributed by atoms with E-state index in [2.05, 4.69) is 10.3 Å². The molecule has 3 nitrogen and oxygen atoms in total. The van der Waals surface area contributed by atoms with Gasteiger partial charge in [0, 0.05) is 30.0 Å². The van der Waals surface area contributed by atoms with Crippen molar-refractivity contribution in [3.8, 4) is 0 Å². The van der Waals surface area contributed by atoms with Crippen LogP contribution in [-0.2, 0) is 0 Å². The Labute approximate surface area is 96.9 Å². The normalized spacial score (nSPS) is 25.4. The lowest BCUT2D eigenvalue weighted by Gasteiger charge is -2.27. The van der Waals surface area contributed by atoms with Crippen molar-refractivity contribution in [2.45, 2.75) is 38.7 Å². The van der Waals surface area contributed by atoms with E-state index in [-0.39, 0.29) is 6.10 Å². The molecule has 0 aliphatic heterocycles. The number of hydrogen-bond acceptors (Lipinski definition) is 3. The van der Waals surface area contributed by atoms with E-state index >= 15 is 0 Å². The number of aryl methyl sites for hydroxylation is 1. The predicted molar refractivity (Wildman–Crippen MR) is 65.4 cm³/mol. The first-order valence-corrected chi connectivity index (χ1v) is 6.10. The third-order valence-electron chi connectivity index (χ3n) is 3.33. The maximum Gasteiger partial charge on any atom is 0.0585 e. The molecule has 1 heterocycles. The highest BCUT2D eigenvalue weighted by atomic mass is 16.3. The second-order valence-corrected chi connectivity index (χ2v) is 4.68. The number of aromatic nitrogens is 1. The number of nitrogens with one attached hydrogen (secondary N) is 1. The maximum atomic E-state index is 9.85. The fraction of sp³-hybridized carbons (Fsp3) is 0.615. The monoisotopic (exact) mass is 220 g/mol. The van der Waals surface area contributed by atoms with Crippen molar-refractivity contribution >= 4 is 5.69 Å². The molecule has 1 aliphatic carbocycles. The van der Waals surface area contributed by atoms with Gasteiger partial charge in [-0.25, -0.2) is 0 Å². The molecule has 1 fully saturated rings. The van der Waals surface area contributed by atoms with Gasteiger partial charge in [-0.2, -0.15) is 0 Å². The van der Waals surface area contributed by atoms with Crippen LogP contribution in [0.1, 0.15) is 31.4 Å². The van der Waals surface area contributed by atoms with E-state index in [1.165, 1.54) is 12.8 Å².